The van der Waals surface area contributed by atoms with Crippen molar-refractivity contribution in [3.8, 4) is 12.3 Å². The van der Waals surface area contributed by atoms with Crippen LogP contribution in [0.15, 0.2) is 47.4 Å². The van der Waals surface area contributed by atoms with Gasteiger partial charge in [-0.25, -0.2) is 17.2 Å². The average molecular weight is 293 g/mol. The van der Waals surface area contributed by atoms with Gasteiger partial charge in [-0.05, 0) is 30.3 Å². The highest BCUT2D eigenvalue weighted by Crippen LogP contribution is 2.20. The molecule has 0 aliphatic heterocycles. The molecule has 102 valence electrons. The summed E-state index contributed by atoms with van der Waals surface area (Å²) >= 11 is 0. The Morgan fingerprint density at radius 2 is 1.85 bits per heavy atom. The molecule has 0 saturated carbocycles. The number of benzene rings is 2. The number of rotatable bonds is 3. The van der Waals surface area contributed by atoms with Crippen molar-refractivity contribution in [2.75, 3.05) is 4.72 Å². The standard InChI is InChI=1S/C14H9F2NO2S/c1-2-10-4-3-5-12(8-10)17-20(18,19)14-7-6-11(15)9-13(14)16/h1,3-9,17H. The minimum atomic E-state index is -4.15. The van der Waals surface area contributed by atoms with Crippen molar-refractivity contribution in [3.63, 3.8) is 0 Å². The van der Waals surface area contributed by atoms with E-state index in [1.165, 1.54) is 12.1 Å². The quantitative estimate of drug-likeness (QED) is 0.885. The Hall–Kier alpha value is -2.39. The molecule has 20 heavy (non-hydrogen) atoms. The van der Waals surface area contributed by atoms with Crippen LogP contribution in [0.2, 0.25) is 0 Å². The van der Waals surface area contributed by atoms with Crippen LogP contribution in [-0.2, 0) is 10.0 Å². The zero-order valence-electron chi connectivity index (χ0n) is 10.1. The van der Waals surface area contributed by atoms with E-state index in [0.29, 0.717) is 11.6 Å². The number of hydrogen-bond acceptors (Lipinski definition) is 2. The second-order valence-electron chi connectivity index (χ2n) is 3.91. The summed E-state index contributed by atoms with van der Waals surface area (Å²) in [5.74, 6) is 0.341. The van der Waals surface area contributed by atoms with E-state index in [2.05, 4.69) is 10.6 Å². The van der Waals surface area contributed by atoms with Gasteiger partial charge in [0.1, 0.15) is 16.5 Å². The van der Waals surface area contributed by atoms with E-state index in [1.54, 1.807) is 12.1 Å². The third kappa shape index (κ3) is 2.95. The molecule has 0 bridgehead atoms. The fourth-order valence-corrected chi connectivity index (χ4v) is 2.69. The number of halogens is 2. The van der Waals surface area contributed by atoms with E-state index in [1.807, 2.05) is 0 Å². The Bertz CT molecular complexity index is 795. The lowest BCUT2D eigenvalue weighted by Gasteiger charge is -2.09. The van der Waals surface area contributed by atoms with Gasteiger partial charge in [-0.1, -0.05) is 12.0 Å². The molecule has 0 unspecified atom stereocenters. The lowest BCUT2D eigenvalue weighted by atomic mass is 10.2. The normalized spacial score (nSPS) is 10.8. The Kier molecular flexibility index (Phi) is 3.72. The molecular formula is C14H9F2NO2S. The molecule has 0 spiro atoms. The Morgan fingerprint density at radius 3 is 2.50 bits per heavy atom. The molecule has 0 aliphatic rings. The van der Waals surface area contributed by atoms with Crippen LogP contribution < -0.4 is 4.72 Å². The molecule has 6 heteroatoms. The highest BCUT2D eigenvalue weighted by atomic mass is 32.2. The first-order valence-corrected chi connectivity index (χ1v) is 6.95. The predicted octanol–water partition coefficient (Wildman–Crippen LogP) is 2.75. The van der Waals surface area contributed by atoms with Gasteiger partial charge in [-0.2, -0.15) is 0 Å². The maximum atomic E-state index is 13.5. The third-order valence-electron chi connectivity index (χ3n) is 2.46. The van der Waals surface area contributed by atoms with Crippen molar-refractivity contribution >= 4 is 15.7 Å². The summed E-state index contributed by atoms with van der Waals surface area (Å²) in [6.07, 6.45) is 5.21. The number of anilines is 1. The maximum absolute atomic E-state index is 13.5. The number of hydrogen-bond donors (Lipinski definition) is 1. The fourth-order valence-electron chi connectivity index (χ4n) is 1.58. The molecule has 0 aromatic heterocycles. The van der Waals surface area contributed by atoms with Crippen molar-refractivity contribution in [2.45, 2.75) is 4.90 Å². The highest BCUT2D eigenvalue weighted by Gasteiger charge is 2.19. The molecule has 2 aromatic rings. The second kappa shape index (κ2) is 5.31. The van der Waals surface area contributed by atoms with E-state index in [-0.39, 0.29) is 5.69 Å². The average Bonchev–Trinajstić information content (AvgIpc) is 2.37. The van der Waals surface area contributed by atoms with E-state index in [0.717, 1.165) is 12.1 Å². The lowest BCUT2D eigenvalue weighted by Crippen LogP contribution is -2.14. The van der Waals surface area contributed by atoms with Crippen LogP contribution in [0.25, 0.3) is 0 Å². The Morgan fingerprint density at radius 1 is 1.10 bits per heavy atom. The van der Waals surface area contributed by atoms with Crippen molar-refractivity contribution in [3.05, 3.63) is 59.7 Å². The van der Waals surface area contributed by atoms with Gasteiger partial charge in [0.05, 0.1) is 5.69 Å². The minimum Gasteiger partial charge on any atom is -0.279 e. The molecule has 1 N–H and O–H groups in total. The minimum absolute atomic E-state index is 0.198. The number of terminal acetylenes is 1. The molecule has 0 fully saturated rings. The summed E-state index contributed by atoms with van der Waals surface area (Å²) in [6, 6.07) is 8.32. The second-order valence-corrected chi connectivity index (χ2v) is 5.56. The van der Waals surface area contributed by atoms with Crippen LogP contribution in [0.5, 0.6) is 0 Å². The van der Waals surface area contributed by atoms with Crippen LogP contribution in [0.4, 0.5) is 14.5 Å². The monoisotopic (exact) mass is 293 g/mol. The third-order valence-corrected chi connectivity index (χ3v) is 3.88. The van der Waals surface area contributed by atoms with Crippen molar-refractivity contribution in [1.29, 1.82) is 0 Å². The Balaban J connectivity index is 2.38. The highest BCUT2D eigenvalue weighted by molar-refractivity contribution is 7.92. The molecule has 2 rings (SSSR count). The summed E-state index contributed by atoms with van der Waals surface area (Å²) in [7, 11) is -4.15. The van der Waals surface area contributed by atoms with Gasteiger partial charge < -0.3 is 0 Å². The van der Waals surface area contributed by atoms with E-state index in [4.69, 9.17) is 6.42 Å². The summed E-state index contributed by atoms with van der Waals surface area (Å²) in [5, 5.41) is 0. The van der Waals surface area contributed by atoms with E-state index >= 15 is 0 Å². The molecule has 0 atom stereocenters. The van der Waals surface area contributed by atoms with Crippen LogP contribution in [0, 0.1) is 24.0 Å². The topological polar surface area (TPSA) is 46.2 Å². The maximum Gasteiger partial charge on any atom is 0.264 e. The summed E-state index contributed by atoms with van der Waals surface area (Å²) in [5.41, 5.74) is 0.675. The van der Waals surface area contributed by atoms with Crippen LogP contribution in [-0.4, -0.2) is 8.42 Å². The van der Waals surface area contributed by atoms with Crippen LogP contribution in [0.3, 0.4) is 0 Å². The fraction of sp³-hybridized carbons (Fsp3) is 0. The molecule has 0 radical (unpaired) electrons. The first-order valence-electron chi connectivity index (χ1n) is 5.47. The van der Waals surface area contributed by atoms with E-state index in [9.17, 15) is 17.2 Å². The lowest BCUT2D eigenvalue weighted by molar-refractivity contribution is 0.551. The first kappa shape index (κ1) is 14.0. The van der Waals surface area contributed by atoms with Crippen LogP contribution >= 0.6 is 0 Å². The van der Waals surface area contributed by atoms with Gasteiger partial charge in [-0.3, -0.25) is 4.72 Å². The smallest absolute Gasteiger partial charge is 0.264 e. The number of sulfonamides is 1. The molecule has 0 saturated heterocycles. The molecular weight excluding hydrogens is 284 g/mol. The van der Waals surface area contributed by atoms with Crippen molar-refractivity contribution < 1.29 is 17.2 Å². The van der Waals surface area contributed by atoms with Crippen LogP contribution in [0.1, 0.15) is 5.56 Å². The summed E-state index contributed by atoms with van der Waals surface area (Å²) in [6.45, 7) is 0. The summed E-state index contributed by atoms with van der Waals surface area (Å²) in [4.78, 5) is -0.634. The molecule has 0 amide bonds. The molecule has 2 aromatic carbocycles. The molecule has 0 aliphatic carbocycles. The first-order chi connectivity index (χ1) is 9.42. The largest absolute Gasteiger partial charge is 0.279 e. The van der Waals surface area contributed by atoms with Gasteiger partial charge in [0.2, 0.25) is 0 Å². The van der Waals surface area contributed by atoms with Crippen molar-refractivity contribution in [2.24, 2.45) is 0 Å². The van der Waals surface area contributed by atoms with E-state index < -0.39 is 26.6 Å². The Labute approximate surface area is 115 Å². The van der Waals surface area contributed by atoms with Gasteiger partial charge in [0.25, 0.3) is 10.0 Å². The zero-order chi connectivity index (χ0) is 14.8. The molecule has 0 heterocycles. The SMILES string of the molecule is C#Cc1cccc(NS(=O)(=O)c2ccc(F)cc2F)c1. The van der Waals surface area contributed by atoms with Gasteiger partial charge in [0, 0.05) is 11.6 Å². The summed E-state index contributed by atoms with van der Waals surface area (Å²) < 4.78 is 52.5. The molecule has 3 nitrogen and oxygen atoms in total. The van der Waals surface area contributed by atoms with Gasteiger partial charge in [0.15, 0.2) is 0 Å². The van der Waals surface area contributed by atoms with Gasteiger partial charge in [-0.15, -0.1) is 6.42 Å². The van der Waals surface area contributed by atoms with Crippen molar-refractivity contribution in [1.82, 2.24) is 0 Å². The predicted molar refractivity (Wildman–Crippen MR) is 71.5 cm³/mol. The van der Waals surface area contributed by atoms with Gasteiger partial charge >= 0.3 is 0 Å². The number of nitrogens with one attached hydrogen (secondary N) is 1. The zero-order valence-corrected chi connectivity index (χ0v) is 10.9.